The maximum absolute atomic E-state index is 12.6. The number of carbonyl (C=O) groups is 1. The van der Waals surface area contributed by atoms with Gasteiger partial charge in [-0.1, -0.05) is 18.2 Å². The van der Waals surface area contributed by atoms with E-state index in [2.05, 4.69) is 10.3 Å². The van der Waals surface area contributed by atoms with Gasteiger partial charge in [-0.05, 0) is 12.1 Å². The Morgan fingerprint density at radius 3 is 2.71 bits per heavy atom. The van der Waals surface area contributed by atoms with Crippen LogP contribution < -0.4 is 5.32 Å². The molecule has 110 valence electrons. The second-order valence-corrected chi connectivity index (χ2v) is 6.66. The molecule has 0 aliphatic carbocycles. The topological polar surface area (TPSA) is 62.3 Å². The van der Waals surface area contributed by atoms with Gasteiger partial charge in [0.1, 0.15) is 5.69 Å². The molecule has 0 spiro atoms. The lowest BCUT2D eigenvalue weighted by atomic mass is 10.1. The van der Waals surface area contributed by atoms with Crippen molar-refractivity contribution in [3.05, 3.63) is 36.0 Å². The highest BCUT2D eigenvalue weighted by atomic mass is 32.2. The Morgan fingerprint density at radius 1 is 1.29 bits per heavy atom. The van der Waals surface area contributed by atoms with Crippen LogP contribution >= 0.6 is 0 Å². The Morgan fingerprint density at radius 2 is 2.00 bits per heavy atom. The van der Waals surface area contributed by atoms with E-state index in [4.69, 9.17) is 0 Å². The lowest BCUT2D eigenvalue weighted by Crippen LogP contribution is -2.42. The number of fused-ring (bicyclic) bond motifs is 1. The SMILES string of the molecule is CNc1cc(C(=O)N2CCS(=O)CC2)nc2ccccc12. The number of nitrogens with one attached hydrogen (secondary N) is 1. The normalized spacial score (nSPS) is 16.1. The van der Waals surface area contributed by atoms with Crippen LogP contribution in [0.25, 0.3) is 10.9 Å². The van der Waals surface area contributed by atoms with Crippen LogP contribution in [0.15, 0.2) is 30.3 Å². The van der Waals surface area contributed by atoms with Gasteiger partial charge in [-0.3, -0.25) is 9.00 Å². The van der Waals surface area contributed by atoms with E-state index in [0.29, 0.717) is 30.3 Å². The molecule has 5 nitrogen and oxygen atoms in total. The number of amides is 1. The van der Waals surface area contributed by atoms with Crippen molar-refractivity contribution >= 4 is 33.3 Å². The lowest BCUT2D eigenvalue weighted by Gasteiger charge is -2.26. The minimum absolute atomic E-state index is 0.0889. The van der Waals surface area contributed by atoms with Crippen LogP contribution in [0.3, 0.4) is 0 Å². The molecule has 21 heavy (non-hydrogen) atoms. The van der Waals surface area contributed by atoms with Crippen molar-refractivity contribution < 1.29 is 9.00 Å². The van der Waals surface area contributed by atoms with Crippen LogP contribution in [-0.4, -0.2) is 51.6 Å². The zero-order valence-corrected chi connectivity index (χ0v) is 12.7. The van der Waals surface area contributed by atoms with Crippen molar-refractivity contribution in [2.75, 3.05) is 37.0 Å². The number of anilines is 1. The second kappa shape index (κ2) is 5.81. The van der Waals surface area contributed by atoms with E-state index in [1.807, 2.05) is 31.3 Å². The molecule has 1 fully saturated rings. The number of rotatable bonds is 2. The quantitative estimate of drug-likeness (QED) is 0.913. The highest BCUT2D eigenvalue weighted by molar-refractivity contribution is 7.85. The van der Waals surface area contributed by atoms with Crippen LogP contribution in [0.2, 0.25) is 0 Å². The molecule has 0 saturated carbocycles. The molecule has 1 amide bonds. The van der Waals surface area contributed by atoms with Crippen LogP contribution in [0, 0.1) is 0 Å². The first-order valence-electron chi connectivity index (χ1n) is 6.91. The molecule has 1 aromatic carbocycles. The summed E-state index contributed by atoms with van der Waals surface area (Å²) in [5.74, 6) is 1.02. The molecule has 3 rings (SSSR count). The van der Waals surface area contributed by atoms with E-state index in [9.17, 15) is 9.00 Å². The van der Waals surface area contributed by atoms with Crippen molar-refractivity contribution in [3.63, 3.8) is 0 Å². The largest absolute Gasteiger partial charge is 0.388 e. The summed E-state index contributed by atoms with van der Waals surface area (Å²) >= 11 is 0. The van der Waals surface area contributed by atoms with Gasteiger partial charge in [-0.15, -0.1) is 0 Å². The molecule has 2 aromatic rings. The Hall–Kier alpha value is -1.95. The zero-order valence-electron chi connectivity index (χ0n) is 11.8. The molecular formula is C15H17N3O2S. The van der Waals surface area contributed by atoms with E-state index in [1.54, 1.807) is 11.0 Å². The highest BCUT2D eigenvalue weighted by Crippen LogP contribution is 2.23. The van der Waals surface area contributed by atoms with E-state index >= 15 is 0 Å². The minimum Gasteiger partial charge on any atom is -0.388 e. The van der Waals surface area contributed by atoms with E-state index in [-0.39, 0.29) is 5.91 Å². The minimum atomic E-state index is -0.789. The van der Waals surface area contributed by atoms with Crippen LogP contribution in [0.5, 0.6) is 0 Å². The smallest absolute Gasteiger partial charge is 0.272 e. The monoisotopic (exact) mass is 303 g/mol. The highest BCUT2D eigenvalue weighted by Gasteiger charge is 2.23. The first kappa shape index (κ1) is 14.0. The standard InChI is InChI=1S/C15H17N3O2S/c1-16-13-10-14(17-12-5-3-2-4-11(12)13)15(19)18-6-8-21(20)9-7-18/h2-5,10H,6-9H2,1H3,(H,16,17). The molecule has 0 unspecified atom stereocenters. The van der Waals surface area contributed by atoms with Crippen molar-refractivity contribution in [1.82, 2.24) is 9.88 Å². The third-order valence-corrected chi connectivity index (χ3v) is 4.95. The van der Waals surface area contributed by atoms with Crippen molar-refractivity contribution in [3.8, 4) is 0 Å². The predicted molar refractivity (Wildman–Crippen MR) is 85.1 cm³/mol. The summed E-state index contributed by atoms with van der Waals surface area (Å²) in [5, 5.41) is 4.11. The van der Waals surface area contributed by atoms with Crippen molar-refractivity contribution in [2.45, 2.75) is 0 Å². The van der Waals surface area contributed by atoms with E-state index in [0.717, 1.165) is 16.6 Å². The zero-order chi connectivity index (χ0) is 14.8. The fourth-order valence-electron chi connectivity index (χ4n) is 2.49. The third-order valence-electron chi connectivity index (χ3n) is 3.67. The molecule has 1 aromatic heterocycles. The molecular weight excluding hydrogens is 286 g/mol. The Bertz CT molecular complexity index is 707. The molecule has 0 bridgehead atoms. The molecule has 1 aliphatic rings. The summed E-state index contributed by atoms with van der Waals surface area (Å²) in [7, 11) is 1.04. The summed E-state index contributed by atoms with van der Waals surface area (Å²) in [5.41, 5.74) is 2.13. The summed E-state index contributed by atoms with van der Waals surface area (Å²) in [6.45, 7) is 1.07. The number of hydrogen-bond acceptors (Lipinski definition) is 4. The molecule has 0 radical (unpaired) electrons. The molecule has 1 saturated heterocycles. The predicted octanol–water partition coefficient (Wildman–Crippen LogP) is 1.48. The lowest BCUT2D eigenvalue weighted by molar-refractivity contribution is 0.0766. The van der Waals surface area contributed by atoms with Gasteiger partial charge < -0.3 is 10.2 Å². The molecule has 1 N–H and O–H groups in total. The fourth-order valence-corrected chi connectivity index (χ4v) is 3.55. The number of para-hydroxylation sites is 1. The average molecular weight is 303 g/mol. The molecule has 1 aliphatic heterocycles. The van der Waals surface area contributed by atoms with E-state index < -0.39 is 10.8 Å². The maximum atomic E-state index is 12.6. The molecule has 0 atom stereocenters. The van der Waals surface area contributed by atoms with Crippen LogP contribution in [0.1, 0.15) is 10.5 Å². The second-order valence-electron chi connectivity index (χ2n) is 4.96. The molecule has 2 heterocycles. The Labute approximate surface area is 125 Å². The van der Waals surface area contributed by atoms with E-state index in [1.165, 1.54) is 0 Å². The van der Waals surface area contributed by atoms with Crippen LogP contribution in [0.4, 0.5) is 5.69 Å². The summed E-state index contributed by atoms with van der Waals surface area (Å²) in [6, 6.07) is 9.53. The summed E-state index contributed by atoms with van der Waals surface area (Å²) in [4.78, 5) is 18.8. The van der Waals surface area contributed by atoms with Crippen molar-refractivity contribution in [1.29, 1.82) is 0 Å². The van der Waals surface area contributed by atoms with Gasteiger partial charge in [0.15, 0.2) is 0 Å². The van der Waals surface area contributed by atoms with Gasteiger partial charge in [0.2, 0.25) is 0 Å². The number of benzene rings is 1. The van der Waals surface area contributed by atoms with Gasteiger partial charge in [0, 0.05) is 53.5 Å². The third kappa shape index (κ3) is 2.76. The van der Waals surface area contributed by atoms with Gasteiger partial charge >= 0.3 is 0 Å². The number of hydrogen-bond donors (Lipinski definition) is 1. The van der Waals surface area contributed by atoms with Crippen molar-refractivity contribution in [2.24, 2.45) is 0 Å². The van der Waals surface area contributed by atoms with Gasteiger partial charge in [0.05, 0.1) is 5.52 Å². The summed E-state index contributed by atoms with van der Waals surface area (Å²) in [6.07, 6.45) is 0. The fraction of sp³-hybridized carbons (Fsp3) is 0.333. The number of aromatic nitrogens is 1. The maximum Gasteiger partial charge on any atom is 0.272 e. The first-order chi connectivity index (χ1) is 10.2. The molecule has 6 heteroatoms. The van der Waals surface area contributed by atoms with Crippen LogP contribution in [-0.2, 0) is 10.8 Å². The van der Waals surface area contributed by atoms with Gasteiger partial charge in [-0.25, -0.2) is 4.98 Å². The first-order valence-corrected chi connectivity index (χ1v) is 8.39. The Balaban J connectivity index is 1.96. The number of carbonyl (C=O) groups excluding carboxylic acids is 1. The van der Waals surface area contributed by atoms with Gasteiger partial charge in [-0.2, -0.15) is 0 Å². The summed E-state index contributed by atoms with van der Waals surface area (Å²) < 4.78 is 11.4. The number of pyridine rings is 1. The van der Waals surface area contributed by atoms with Gasteiger partial charge in [0.25, 0.3) is 5.91 Å². The Kier molecular flexibility index (Phi) is 3.88. The average Bonchev–Trinajstić information content (AvgIpc) is 2.53. The number of nitrogens with zero attached hydrogens (tertiary/aromatic N) is 2.